The van der Waals surface area contributed by atoms with Crippen LogP contribution in [0.4, 0.5) is 11.6 Å². The Balaban J connectivity index is 1.06. The Labute approximate surface area is 251 Å². The third-order valence-corrected chi connectivity index (χ3v) is 11.6. The Hall–Kier alpha value is -4.63. The van der Waals surface area contributed by atoms with Crippen molar-refractivity contribution >= 4 is 72.9 Å². The van der Waals surface area contributed by atoms with Crippen molar-refractivity contribution in [2.24, 2.45) is 0 Å². The van der Waals surface area contributed by atoms with Crippen LogP contribution in [0.15, 0.2) is 131 Å². The molecule has 3 aromatic carbocycles. The van der Waals surface area contributed by atoms with Gasteiger partial charge in [-0.15, -0.1) is 0 Å². The summed E-state index contributed by atoms with van der Waals surface area (Å²) in [7, 11) is 0. The molecule has 0 saturated heterocycles. The molecule has 0 atom stereocenters. The summed E-state index contributed by atoms with van der Waals surface area (Å²) in [5, 5.41) is 3.68. The van der Waals surface area contributed by atoms with Crippen molar-refractivity contribution in [3.8, 4) is 0 Å². The van der Waals surface area contributed by atoms with E-state index in [1.165, 1.54) is 18.4 Å². The number of Topliss-reactive ketones (excluding diaryl/α,β-unsaturated/α-hetero) is 2. The Bertz CT molecular complexity index is 2100. The summed E-state index contributed by atoms with van der Waals surface area (Å²) in [4.78, 5) is 39.4. The normalized spacial score (nSPS) is 17.0. The maximum absolute atomic E-state index is 13.8. The number of fused-ring (bicyclic) bond motifs is 8. The third-order valence-electron chi connectivity index (χ3n) is 8.52. The molecule has 198 valence electrons. The van der Waals surface area contributed by atoms with Crippen molar-refractivity contribution in [2.75, 3.05) is 4.90 Å². The minimum atomic E-state index is -0.549. The molecule has 6 heteroatoms. The van der Waals surface area contributed by atoms with Crippen molar-refractivity contribution in [2.45, 2.75) is 12.8 Å². The molecule has 1 aliphatic heterocycles. The number of anilines is 2. The summed E-state index contributed by atoms with van der Waals surface area (Å²) in [5.41, 5.74) is 5.94. The van der Waals surface area contributed by atoms with E-state index in [-0.39, 0.29) is 17.1 Å². The second-order valence-electron chi connectivity index (χ2n) is 10.9. The molecule has 3 aliphatic carbocycles. The summed E-state index contributed by atoms with van der Waals surface area (Å²) >= 11 is -0.549. The Morgan fingerprint density at radius 2 is 1.19 bits per heavy atom. The second kappa shape index (κ2) is 8.93. The summed E-state index contributed by atoms with van der Waals surface area (Å²) in [6.45, 7) is 0. The molecule has 4 aliphatic rings. The average molecular weight is 655 g/mol. The van der Waals surface area contributed by atoms with Gasteiger partial charge in [-0.1, -0.05) is 48.5 Å². The molecule has 0 amide bonds. The zero-order valence-corrected chi connectivity index (χ0v) is 24.6. The van der Waals surface area contributed by atoms with E-state index in [9.17, 15) is 9.59 Å². The van der Waals surface area contributed by atoms with Gasteiger partial charge in [-0.2, -0.15) is 0 Å². The van der Waals surface area contributed by atoms with Gasteiger partial charge in [-0.25, -0.2) is 0 Å². The number of hydrogen-bond donors (Lipinski definition) is 0. The second-order valence-corrected chi connectivity index (χ2v) is 14.0. The minimum absolute atomic E-state index is 0.177. The molecule has 3 heterocycles. The van der Waals surface area contributed by atoms with Gasteiger partial charge in [0.2, 0.25) is 0 Å². The zero-order valence-electron chi connectivity index (χ0n) is 22.3. The van der Waals surface area contributed by atoms with Crippen molar-refractivity contribution in [1.82, 2.24) is 9.97 Å². The van der Waals surface area contributed by atoms with Gasteiger partial charge < -0.3 is 0 Å². The molecule has 0 fully saturated rings. The van der Waals surface area contributed by atoms with Crippen molar-refractivity contribution in [3.05, 3.63) is 143 Å². The summed E-state index contributed by atoms with van der Waals surface area (Å²) < 4.78 is 2.63. The Morgan fingerprint density at radius 3 is 1.76 bits per heavy atom. The zero-order chi connectivity index (χ0) is 27.9. The van der Waals surface area contributed by atoms with Crippen LogP contribution in [0.5, 0.6) is 0 Å². The van der Waals surface area contributed by atoms with E-state index in [0.29, 0.717) is 17.5 Å². The minimum Gasteiger partial charge on any atom is -0.0616 e. The number of carbonyl (C=O) groups is 2. The smallest absolute Gasteiger partial charge is 0.0616 e. The number of pyridine rings is 2. The summed E-state index contributed by atoms with van der Waals surface area (Å²) in [6.07, 6.45) is 11.4. The maximum atomic E-state index is 13.8. The van der Waals surface area contributed by atoms with Crippen LogP contribution in [-0.4, -0.2) is 42.5 Å². The summed E-state index contributed by atoms with van der Waals surface area (Å²) in [5.74, 6) is 1.63. The molecule has 0 saturated carbocycles. The molecular weight excluding hydrogens is 634 g/mol. The number of allylic oxidation sites excluding steroid dienone is 7. The first-order valence-corrected chi connectivity index (χ1v) is 16.2. The molecule has 9 rings (SSSR count). The third kappa shape index (κ3) is 3.37. The molecule has 0 unspecified atom stereocenters. The average Bonchev–Trinajstić information content (AvgIpc) is 3.67. The molecule has 0 spiro atoms. The van der Waals surface area contributed by atoms with Crippen LogP contribution in [0, 0.1) is 0 Å². The molecular formula is C36H21N3O2Te. The number of ketones is 2. The van der Waals surface area contributed by atoms with E-state index in [0.717, 1.165) is 50.9 Å². The summed E-state index contributed by atoms with van der Waals surface area (Å²) in [6, 6.07) is 24.2. The fourth-order valence-corrected chi connectivity index (χ4v) is 9.60. The molecule has 0 N–H and O–H groups in total. The quantitative estimate of drug-likeness (QED) is 0.104. The number of hydrogen-bond acceptors (Lipinski definition) is 5. The van der Waals surface area contributed by atoms with Gasteiger partial charge in [0.05, 0.1) is 0 Å². The van der Waals surface area contributed by atoms with Crippen LogP contribution in [-0.2, 0) is 0 Å². The van der Waals surface area contributed by atoms with Gasteiger partial charge >= 0.3 is 183 Å². The molecule has 0 radical (unpaired) electrons. The fourth-order valence-electron chi connectivity index (χ4n) is 6.75. The van der Waals surface area contributed by atoms with Gasteiger partial charge in [-0.3, -0.25) is 0 Å². The number of benzene rings is 3. The predicted molar refractivity (Wildman–Crippen MR) is 166 cm³/mol. The number of rotatable bonds is 2. The van der Waals surface area contributed by atoms with Crippen LogP contribution in [0.1, 0.15) is 33.6 Å². The SMILES string of the molecule is O=C1C(=CC2=CC3=C(C=C(N4c5ncccc5[Te]c5cccnc54)C3)C2)C(=O)c2c1c1ccccc1c1ccccc21. The fraction of sp³-hybridized carbons (Fsp3) is 0.0556. The molecule has 0 bridgehead atoms. The Kier molecular flexibility index (Phi) is 5.11. The van der Waals surface area contributed by atoms with Gasteiger partial charge in [-0.05, 0) is 21.5 Å². The Morgan fingerprint density at radius 1 is 0.643 bits per heavy atom. The molecule has 5 nitrogen and oxygen atoms in total. The molecule has 2 aromatic heterocycles. The van der Waals surface area contributed by atoms with Crippen molar-refractivity contribution < 1.29 is 9.59 Å². The first-order chi connectivity index (χ1) is 20.7. The van der Waals surface area contributed by atoms with E-state index in [1.54, 1.807) is 0 Å². The predicted octanol–water partition coefficient (Wildman–Crippen LogP) is 5.81. The van der Waals surface area contributed by atoms with Crippen LogP contribution in [0.3, 0.4) is 0 Å². The molecule has 42 heavy (non-hydrogen) atoms. The van der Waals surface area contributed by atoms with Crippen molar-refractivity contribution in [3.63, 3.8) is 0 Å². The van der Waals surface area contributed by atoms with E-state index in [1.807, 2.05) is 79.1 Å². The van der Waals surface area contributed by atoms with Gasteiger partial charge in [0, 0.05) is 0 Å². The topological polar surface area (TPSA) is 63.2 Å². The van der Waals surface area contributed by atoms with Crippen LogP contribution < -0.4 is 12.1 Å². The van der Waals surface area contributed by atoms with Gasteiger partial charge in [0.15, 0.2) is 0 Å². The van der Waals surface area contributed by atoms with Gasteiger partial charge in [0.1, 0.15) is 0 Å². The van der Waals surface area contributed by atoms with Crippen molar-refractivity contribution in [1.29, 1.82) is 0 Å². The van der Waals surface area contributed by atoms with Gasteiger partial charge in [0.25, 0.3) is 0 Å². The first-order valence-electron chi connectivity index (χ1n) is 13.9. The van der Waals surface area contributed by atoms with Crippen LogP contribution in [0.2, 0.25) is 0 Å². The van der Waals surface area contributed by atoms with Crippen LogP contribution in [0.25, 0.3) is 21.5 Å². The number of aromatic nitrogens is 2. The van der Waals surface area contributed by atoms with E-state index >= 15 is 0 Å². The van der Waals surface area contributed by atoms with E-state index in [2.05, 4.69) is 29.2 Å². The first kappa shape index (κ1) is 24.0. The van der Waals surface area contributed by atoms with E-state index < -0.39 is 20.9 Å². The standard InChI is InChI=1S/C36H21N3O2Te/c40-33-28(34(41)32-27-10-4-2-8-25(27)24-7-1-3-9-26(24)31(32)33)17-20-15-21-18-23(19-22(21)16-20)39-35-29(11-5-13-37-35)42-30-12-6-14-38-36(30)39/h1-15,17,19H,16,18H2. The molecule has 5 aromatic rings. The number of carbonyl (C=O) groups excluding carboxylic acids is 2. The van der Waals surface area contributed by atoms with E-state index in [4.69, 9.17) is 9.97 Å². The number of nitrogens with zero attached hydrogens (tertiary/aromatic N) is 3. The van der Waals surface area contributed by atoms with Crippen LogP contribution >= 0.6 is 0 Å². The monoisotopic (exact) mass is 657 g/mol.